The van der Waals surface area contributed by atoms with E-state index in [1.807, 2.05) is 61.7 Å². The average molecular weight is 824 g/mol. The Morgan fingerprint density at radius 2 is 1.65 bits per heavy atom. The molecule has 8 aromatic rings. The second kappa shape index (κ2) is 13.8. The second-order valence-electron chi connectivity index (χ2n) is 12.7. The topological polar surface area (TPSA) is 56.7 Å². The maximum absolute atomic E-state index is 7.35. The second-order valence-corrected chi connectivity index (χ2v) is 17.7. The number of para-hydroxylation sites is 2. The van der Waals surface area contributed by atoms with Gasteiger partial charge in [-0.05, 0) is 47.6 Å². The van der Waals surface area contributed by atoms with Gasteiger partial charge in [0.05, 0.1) is 30.5 Å². The van der Waals surface area contributed by atoms with Crippen LogP contribution in [-0.2, 0) is 26.7 Å². The molecule has 0 fully saturated rings. The zero-order valence-electron chi connectivity index (χ0n) is 30.2. The SMILES string of the molecule is Cc1ccc2c(n1)oc1c(-c3nc4ccccc4n3Cc3ccccc3)[c-]ccc12.[2H]C([2H])([2H])c1c[c-]c(-c2ccc([Si](C)(C)C)cn2)cc1.[Ir]. The summed E-state index contributed by atoms with van der Waals surface area (Å²) in [5.74, 6) is 0.849. The van der Waals surface area contributed by atoms with Gasteiger partial charge in [-0.15, -0.1) is 53.6 Å². The molecule has 0 bridgehead atoms. The standard InChI is InChI=1S/C26H18N3O.C15H18NSi.Ir/c1-17-14-15-20-19-10-7-11-21(24(19)30-26(20)27-17)25-28-22-12-5-6-13-23(22)29(25)16-18-8-3-2-4-9-18;1-12-5-7-13(8-6-12)15-10-9-14(11-16-15)17(2,3)4;/h2-10,12-15H,16H2,1H3;5-7,9-11H,1-4H3;/q2*-1;/i;1D3;. The number of furan rings is 1. The van der Waals surface area contributed by atoms with Crippen molar-refractivity contribution in [2.45, 2.75) is 40.0 Å². The van der Waals surface area contributed by atoms with Crippen LogP contribution in [0.1, 0.15) is 20.9 Å². The summed E-state index contributed by atoms with van der Waals surface area (Å²) in [6.07, 6.45) is 1.92. The van der Waals surface area contributed by atoms with E-state index in [0.29, 0.717) is 11.3 Å². The van der Waals surface area contributed by atoms with Gasteiger partial charge in [-0.25, -0.2) is 4.98 Å². The molecule has 0 spiro atoms. The van der Waals surface area contributed by atoms with Crippen molar-refractivity contribution in [3.63, 3.8) is 0 Å². The molecular formula is C41H36IrN4OSi-2. The largest absolute Gasteiger partial charge is 0.486 e. The van der Waals surface area contributed by atoms with E-state index in [1.165, 1.54) is 16.8 Å². The van der Waals surface area contributed by atoms with Gasteiger partial charge in [0.15, 0.2) is 0 Å². The van der Waals surface area contributed by atoms with Crippen molar-refractivity contribution in [3.8, 4) is 22.6 Å². The Balaban J connectivity index is 0.000000188. The third kappa shape index (κ3) is 6.81. The van der Waals surface area contributed by atoms with Crippen molar-refractivity contribution >= 4 is 46.4 Å². The van der Waals surface area contributed by atoms with Crippen LogP contribution in [0, 0.1) is 25.9 Å². The molecule has 8 rings (SSSR count). The number of imidazole rings is 1. The molecule has 0 saturated heterocycles. The molecule has 0 saturated carbocycles. The number of nitrogens with zero attached hydrogens (tertiary/aromatic N) is 4. The monoisotopic (exact) mass is 824 g/mol. The molecular weight excluding hydrogens is 785 g/mol. The van der Waals surface area contributed by atoms with Crippen LogP contribution in [0.3, 0.4) is 0 Å². The molecule has 1 radical (unpaired) electrons. The number of aryl methyl sites for hydroxylation is 2. The van der Waals surface area contributed by atoms with E-state index < -0.39 is 14.9 Å². The maximum Gasteiger partial charge on any atom is 0.216 e. The fourth-order valence-electron chi connectivity index (χ4n) is 5.65. The van der Waals surface area contributed by atoms with E-state index in [-0.39, 0.29) is 20.1 Å². The fraction of sp³-hybridized carbons (Fsp3) is 0.146. The molecule has 0 unspecified atom stereocenters. The molecule has 0 aliphatic carbocycles. The normalized spacial score (nSPS) is 12.5. The van der Waals surface area contributed by atoms with Crippen molar-refractivity contribution in [2.75, 3.05) is 0 Å². The number of hydrogen-bond donors (Lipinski definition) is 0. The number of aromatic nitrogens is 4. The number of rotatable bonds is 5. The molecule has 7 heteroatoms. The molecule has 0 aliphatic rings. The molecule has 4 heterocycles. The van der Waals surface area contributed by atoms with Crippen LogP contribution in [0.4, 0.5) is 0 Å². The minimum Gasteiger partial charge on any atom is -0.486 e. The summed E-state index contributed by atoms with van der Waals surface area (Å²) in [5.41, 5.74) is 8.43. The minimum atomic E-state index is -2.08. The summed E-state index contributed by atoms with van der Waals surface area (Å²) in [7, 11) is -1.34. The van der Waals surface area contributed by atoms with E-state index in [1.54, 1.807) is 12.1 Å². The summed E-state index contributed by atoms with van der Waals surface area (Å²) in [6.45, 7) is 7.45. The van der Waals surface area contributed by atoms with Gasteiger partial charge in [-0.2, -0.15) is 0 Å². The van der Waals surface area contributed by atoms with Crippen LogP contribution >= 0.6 is 0 Å². The Labute approximate surface area is 300 Å². The summed E-state index contributed by atoms with van der Waals surface area (Å²) in [5, 5.41) is 3.35. The Morgan fingerprint density at radius 3 is 2.38 bits per heavy atom. The molecule has 0 N–H and O–H groups in total. The molecule has 0 amide bonds. The summed E-state index contributed by atoms with van der Waals surface area (Å²) >= 11 is 0. The van der Waals surface area contributed by atoms with Gasteiger partial charge in [0.25, 0.3) is 0 Å². The van der Waals surface area contributed by atoms with Crippen LogP contribution in [-0.4, -0.2) is 27.6 Å². The Hall–Kier alpha value is -4.68. The molecule has 4 aromatic heterocycles. The quantitative estimate of drug-likeness (QED) is 0.128. The van der Waals surface area contributed by atoms with Crippen LogP contribution in [0.15, 0.2) is 120 Å². The Morgan fingerprint density at radius 1 is 0.833 bits per heavy atom. The predicted octanol–water partition coefficient (Wildman–Crippen LogP) is 9.55. The van der Waals surface area contributed by atoms with Crippen molar-refractivity contribution in [1.29, 1.82) is 0 Å². The zero-order valence-corrected chi connectivity index (χ0v) is 30.6. The summed E-state index contributed by atoms with van der Waals surface area (Å²) < 4.78 is 30.5. The van der Waals surface area contributed by atoms with Crippen LogP contribution in [0.25, 0.3) is 55.7 Å². The van der Waals surface area contributed by atoms with Crippen molar-refractivity contribution in [3.05, 3.63) is 144 Å². The number of hydrogen-bond acceptors (Lipinski definition) is 4. The van der Waals surface area contributed by atoms with Gasteiger partial charge in [-0.3, -0.25) is 4.98 Å². The molecule has 4 aromatic carbocycles. The summed E-state index contributed by atoms with van der Waals surface area (Å²) in [4.78, 5) is 14.0. The first-order valence-corrected chi connectivity index (χ1v) is 19.1. The van der Waals surface area contributed by atoms with E-state index in [4.69, 9.17) is 13.5 Å². The first-order valence-electron chi connectivity index (χ1n) is 17.1. The van der Waals surface area contributed by atoms with E-state index in [0.717, 1.165) is 62.3 Å². The number of benzene rings is 4. The fourth-order valence-corrected chi connectivity index (χ4v) is 6.69. The average Bonchev–Trinajstić information content (AvgIpc) is 3.66. The number of pyridine rings is 2. The van der Waals surface area contributed by atoms with E-state index in [9.17, 15) is 0 Å². The first-order chi connectivity index (χ1) is 24.0. The van der Waals surface area contributed by atoms with E-state index >= 15 is 0 Å². The van der Waals surface area contributed by atoms with Gasteiger partial charge in [0.2, 0.25) is 5.71 Å². The summed E-state index contributed by atoms with van der Waals surface area (Å²) in [6, 6.07) is 42.1. The van der Waals surface area contributed by atoms with Gasteiger partial charge in [0.1, 0.15) is 0 Å². The Kier molecular flexibility index (Phi) is 8.48. The molecule has 0 aliphatic heterocycles. The third-order valence-corrected chi connectivity index (χ3v) is 10.2. The van der Waals surface area contributed by atoms with Gasteiger partial charge in [-0.1, -0.05) is 92.0 Å². The Bertz CT molecular complexity index is 2380. The van der Waals surface area contributed by atoms with Gasteiger partial charge >= 0.3 is 0 Å². The zero-order chi connectivity index (χ0) is 35.0. The van der Waals surface area contributed by atoms with Gasteiger partial charge < -0.3 is 14.0 Å². The first kappa shape index (κ1) is 29.5. The maximum atomic E-state index is 7.35. The van der Waals surface area contributed by atoms with Crippen molar-refractivity contribution in [1.82, 2.24) is 19.5 Å². The van der Waals surface area contributed by atoms with Crippen molar-refractivity contribution in [2.24, 2.45) is 0 Å². The van der Waals surface area contributed by atoms with Crippen LogP contribution in [0.5, 0.6) is 0 Å². The minimum absolute atomic E-state index is 0. The van der Waals surface area contributed by atoms with Crippen LogP contribution < -0.4 is 5.19 Å². The molecule has 5 nitrogen and oxygen atoms in total. The number of fused-ring (bicyclic) bond motifs is 4. The van der Waals surface area contributed by atoms with Crippen LogP contribution in [0.2, 0.25) is 19.6 Å². The smallest absolute Gasteiger partial charge is 0.216 e. The van der Waals surface area contributed by atoms with Crippen molar-refractivity contribution < 1.29 is 28.6 Å². The predicted molar refractivity (Wildman–Crippen MR) is 196 cm³/mol. The van der Waals surface area contributed by atoms with Gasteiger partial charge in [0, 0.05) is 48.0 Å². The molecule has 241 valence electrons. The van der Waals surface area contributed by atoms with E-state index in [2.05, 4.69) is 88.8 Å². The molecule has 48 heavy (non-hydrogen) atoms. The molecule has 0 atom stereocenters. The third-order valence-electron chi connectivity index (χ3n) is 8.22.